The second-order valence-corrected chi connectivity index (χ2v) is 8.83. The summed E-state index contributed by atoms with van der Waals surface area (Å²) in [5.74, 6) is 1.04. The zero-order valence-electron chi connectivity index (χ0n) is 14.0. The molecule has 0 fully saturated rings. The van der Waals surface area contributed by atoms with Gasteiger partial charge < -0.3 is 5.32 Å². The molecule has 0 amide bonds. The van der Waals surface area contributed by atoms with Crippen molar-refractivity contribution in [2.75, 3.05) is 11.1 Å². The Morgan fingerprint density at radius 3 is 2.62 bits per heavy atom. The first-order valence-electron chi connectivity index (χ1n) is 8.23. The van der Waals surface area contributed by atoms with E-state index in [-0.39, 0.29) is 5.78 Å². The van der Waals surface area contributed by atoms with Crippen LogP contribution in [-0.2, 0) is 6.54 Å². The van der Waals surface area contributed by atoms with Crippen LogP contribution in [0.3, 0.4) is 0 Å². The highest BCUT2D eigenvalue weighted by atomic mass is 79.9. The minimum Gasteiger partial charge on any atom is -0.356 e. The Balaban J connectivity index is 1.38. The highest BCUT2D eigenvalue weighted by Gasteiger charge is 2.08. The number of ketones is 1. The minimum absolute atomic E-state index is 0.181. The summed E-state index contributed by atoms with van der Waals surface area (Å²) in [6.07, 6.45) is 1.37. The third-order valence-electron chi connectivity index (χ3n) is 3.63. The van der Waals surface area contributed by atoms with E-state index in [1.54, 1.807) is 23.1 Å². The van der Waals surface area contributed by atoms with Gasteiger partial charge in [-0.25, -0.2) is 0 Å². The third kappa shape index (κ3) is 5.93. The largest absolute Gasteiger partial charge is 0.356 e. The number of nitrogens with zero attached hydrogens (tertiary/aromatic N) is 2. The molecule has 0 unspecified atom stereocenters. The summed E-state index contributed by atoms with van der Waals surface area (Å²) < 4.78 is 1.91. The van der Waals surface area contributed by atoms with Crippen LogP contribution in [0.5, 0.6) is 0 Å². The average molecular weight is 448 g/mol. The van der Waals surface area contributed by atoms with Crippen LogP contribution in [-0.4, -0.2) is 21.7 Å². The molecular formula is C19H18BrN3OS2. The molecule has 0 saturated carbocycles. The Kier molecular flexibility index (Phi) is 7.22. The van der Waals surface area contributed by atoms with Gasteiger partial charge in [0.25, 0.3) is 0 Å². The molecule has 0 spiro atoms. The summed E-state index contributed by atoms with van der Waals surface area (Å²) >= 11 is 6.58. The molecule has 0 bridgehead atoms. The Hall–Kier alpha value is -1.70. The lowest BCUT2D eigenvalue weighted by atomic mass is 10.1. The molecule has 3 aromatic rings. The zero-order valence-corrected chi connectivity index (χ0v) is 17.2. The Morgan fingerprint density at radius 1 is 1.08 bits per heavy atom. The van der Waals surface area contributed by atoms with Gasteiger partial charge in [-0.05, 0) is 24.1 Å². The maximum atomic E-state index is 12.1. The van der Waals surface area contributed by atoms with Crippen molar-refractivity contribution in [3.63, 3.8) is 0 Å². The van der Waals surface area contributed by atoms with Gasteiger partial charge in [-0.1, -0.05) is 81.5 Å². The van der Waals surface area contributed by atoms with Gasteiger partial charge in [-0.15, -0.1) is 10.2 Å². The molecule has 0 aliphatic carbocycles. The summed E-state index contributed by atoms with van der Waals surface area (Å²) in [7, 11) is 0. The SMILES string of the molecule is O=C(CCCSc1nnc(NCc2ccccc2)s1)c1ccc(Br)cc1. The van der Waals surface area contributed by atoms with Gasteiger partial charge >= 0.3 is 0 Å². The predicted octanol–water partition coefficient (Wildman–Crippen LogP) is 5.67. The van der Waals surface area contributed by atoms with Crippen molar-refractivity contribution < 1.29 is 4.79 Å². The maximum Gasteiger partial charge on any atom is 0.206 e. The van der Waals surface area contributed by atoms with Gasteiger partial charge in [0.15, 0.2) is 10.1 Å². The standard InChI is InChI=1S/C19H18BrN3OS2/c20-16-10-8-15(9-11-16)17(24)7-4-12-25-19-23-22-18(26-19)21-13-14-5-2-1-3-6-14/h1-3,5-6,8-11H,4,7,12-13H2,(H,21,22). The van der Waals surface area contributed by atoms with Crippen LogP contribution < -0.4 is 5.32 Å². The van der Waals surface area contributed by atoms with Crippen LogP contribution in [0, 0.1) is 0 Å². The Bertz CT molecular complexity index is 838. The second-order valence-electron chi connectivity index (χ2n) is 5.59. The topological polar surface area (TPSA) is 54.9 Å². The number of halogens is 1. The fourth-order valence-electron chi connectivity index (χ4n) is 2.29. The van der Waals surface area contributed by atoms with Crippen LogP contribution in [0.25, 0.3) is 0 Å². The van der Waals surface area contributed by atoms with Crippen molar-refractivity contribution in [2.24, 2.45) is 0 Å². The lowest BCUT2D eigenvalue weighted by molar-refractivity contribution is 0.0982. The quantitative estimate of drug-likeness (QED) is 0.260. The zero-order chi connectivity index (χ0) is 18.2. The summed E-state index contributed by atoms with van der Waals surface area (Å²) in [5, 5.41) is 12.5. The number of thioether (sulfide) groups is 1. The van der Waals surface area contributed by atoms with Gasteiger partial charge in [-0.2, -0.15) is 0 Å². The summed E-state index contributed by atoms with van der Waals surface area (Å²) in [6.45, 7) is 0.738. The van der Waals surface area contributed by atoms with Gasteiger partial charge in [0.2, 0.25) is 5.13 Å². The number of carbonyl (C=O) groups is 1. The number of hydrogen-bond donors (Lipinski definition) is 1. The van der Waals surface area contributed by atoms with Crippen molar-refractivity contribution in [3.8, 4) is 0 Å². The van der Waals surface area contributed by atoms with Crippen molar-refractivity contribution in [1.82, 2.24) is 10.2 Å². The molecule has 7 heteroatoms. The summed E-state index contributed by atoms with van der Waals surface area (Å²) in [6, 6.07) is 17.7. The first-order chi connectivity index (χ1) is 12.7. The number of aromatic nitrogens is 2. The van der Waals surface area contributed by atoms with Crippen LogP contribution in [0.1, 0.15) is 28.8 Å². The lowest BCUT2D eigenvalue weighted by Crippen LogP contribution is -1.99. The maximum absolute atomic E-state index is 12.1. The smallest absolute Gasteiger partial charge is 0.206 e. The third-order valence-corrected chi connectivity index (χ3v) is 6.26. The molecule has 3 rings (SSSR count). The first-order valence-corrected chi connectivity index (χ1v) is 10.8. The number of rotatable bonds is 9. The summed E-state index contributed by atoms with van der Waals surface area (Å²) in [5.41, 5.74) is 1.98. The molecule has 2 aromatic carbocycles. The molecular weight excluding hydrogens is 430 g/mol. The molecule has 1 aromatic heterocycles. The van der Waals surface area contributed by atoms with Crippen molar-refractivity contribution in [3.05, 3.63) is 70.2 Å². The van der Waals surface area contributed by atoms with Gasteiger partial charge in [0, 0.05) is 28.8 Å². The fourth-order valence-corrected chi connectivity index (χ4v) is 4.31. The fraction of sp³-hybridized carbons (Fsp3) is 0.211. The van der Waals surface area contributed by atoms with E-state index < -0.39 is 0 Å². The van der Waals surface area contributed by atoms with E-state index in [0.29, 0.717) is 6.42 Å². The highest BCUT2D eigenvalue weighted by Crippen LogP contribution is 2.26. The number of anilines is 1. The normalized spacial score (nSPS) is 10.7. The average Bonchev–Trinajstić information content (AvgIpc) is 3.13. The van der Waals surface area contributed by atoms with Crippen molar-refractivity contribution >= 4 is 49.9 Å². The van der Waals surface area contributed by atoms with E-state index in [9.17, 15) is 4.79 Å². The van der Waals surface area contributed by atoms with E-state index in [1.165, 1.54) is 5.56 Å². The van der Waals surface area contributed by atoms with Crippen molar-refractivity contribution in [2.45, 2.75) is 23.7 Å². The van der Waals surface area contributed by atoms with Gasteiger partial charge in [0.05, 0.1) is 0 Å². The second kappa shape index (κ2) is 9.85. The highest BCUT2D eigenvalue weighted by molar-refractivity contribution is 9.10. The molecule has 1 N–H and O–H groups in total. The van der Waals surface area contributed by atoms with Crippen LogP contribution >= 0.6 is 39.0 Å². The number of nitrogens with one attached hydrogen (secondary N) is 1. The predicted molar refractivity (Wildman–Crippen MR) is 112 cm³/mol. The molecule has 0 aliphatic heterocycles. The number of hydrogen-bond acceptors (Lipinski definition) is 6. The van der Waals surface area contributed by atoms with E-state index in [4.69, 9.17) is 0 Å². The lowest BCUT2D eigenvalue weighted by Gasteiger charge is -2.01. The molecule has 26 heavy (non-hydrogen) atoms. The van der Waals surface area contributed by atoms with E-state index in [0.717, 1.165) is 38.2 Å². The van der Waals surface area contributed by atoms with Crippen LogP contribution in [0.15, 0.2) is 63.4 Å². The van der Waals surface area contributed by atoms with Gasteiger partial charge in [0.1, 0.15) is 0 Å². The molecule has 0 aliphatic rings. The number of benzene rings is 2. The van der Waals surface area contributed by atoms with E-state index in [2.05, 4.69) is 43.6 Å². The number of Topliss-reactive ketones (excluding diaryl/α,β-unsaturated/α-hetero) is 1. The molecule has 134 valence electrons. The molecule has 0 atom stereocenters. The van der Waals surface area contributed by atoms with E-state index in [1.807, 2.05) is 42.5 Å². The van der Waals surface area contributed by atoms with E-state index >= 15 is 0 Å². The van der Waals surface area contributed by atoms with Crippen molar-refractivity contribution in [1.29, 1.82) is 0 Å². The van der Waals surface area contributed by atoms with Crippen LogP contribution in [0.4, 0.5) is 5.13 Å². The monoisotopic (exact) mass is 447 g/mol. The minimum atomic E-state index is 0.181. The molecule has 0 radical (unpaired) electrons. The molecule has 4 nitrogen and oxygen atoms in total. The number of carbonyl (C=O) groups excluding carboxylic acids is 1. The first kappa shape index (κ1) is 19.1. The Labute approximate surface area is 169 Å². The Morgan fingerprint density at radius 2 is 1.85 bits per heavy atom. The molecule has 1 heterocycles. The van der Waals surface area contributed by atoms with Crippen LogP contribution in [0.2, 0.25) is 0 Å². The molecule has 0 saturated heterocycles. The summed E-state index contributed by atoms with van der Waals surface area (Å²) in [4.78, 5) is 12.1. The van der Waals surface area contributed by atoms with Gasteiger partial charge in [-0.3, -0.25) is 4.79 Å².